The van der Waals surface area contributed by atoms with Gasteiger partial charge in [0.15, 0.2) is 5.82 Å². The predicted octanol–water partition coefficient (Wildman–Crippen LogP) is 4.69. The molecular weight excluding hydrogens is 358 g/mol. The van der Waals surface area contributed by atoms with Crippen LogP contribution in [0.3, 0.4) is 0 Å². The summed E-state index contributed by atoms with van der Waals surface area (Å²) in [7, 11) is 1.62. The quantitative estimate of drug-likeness (QED) is 0.457. The van der Waals surface area contributed by atoms with Crippen LogP contribution >= 0.6 is 23.4 Å². The summed E-state index contributed by atoms with van der Waals surface area (Å²) in [4.78, 5) is 4.50. The lowest BCUT2D eigenvalue weighted by Crippen LogP contribution is -1.98. The summed E-state index contributed by atoms with van der Waals surface area (Å²) in [5.41, 5.74) is 0.793. The number of aromatic nitrogens is 3. The van der Waals surface area contributed by atoms with Crippen molar-refractivity contribution >= 4 is 23.4 Å². The first-order chi connectivity index (χ1) is 12.3. The van der Waals surface area contributed by atoms with Gasteiger partial charge in [0.2, 0.25) is 5.16 Å². The number of hydrogen-bond acceptors (Lipinski definition) is 5. The number of aromatic amines is 1. The number of rotatable bonds is 8. The second-order valence-corrected chi connectivity index (χ2v) is 6.67. The molecule has 0 aliphatic carbocycles. The maximum absolute atomic E-state index is 6.06. The SMILES string of the molecule is COc1ccc(Cl)cc1-c1nc(SCCCOc2ccccc2)n[nH]1. The molecule has 0 aliphatic rings. The molecule has 0 fully saturated rings. The van der Waals surface area contributed by atoms with Gasteiger partial charge in [0.05, 0.1) is 19.3 Å². The van der Waals surface area contributed by atoms with Crippen molar-refractivity contribution in [3.8, 4) is 22.9 Å². The van der Waals surface area contributed by atoms with E-state index in [1.165, 1.54) is 0 Å². The Hall–Kier alpha value is -2.18. The molecule has 1 N–H and O–H groups in total. The number of hydrogen-bond donors (Lipinski definition) is 1. The van der Waals surface area contributed by atoms with E-state index >= 15 is 0 Å². The Morgan fingerprint density at radius 1 is 1.16 bits per heavy atom. The molecule has 1 aromatic heterocycles. The number of H-pyrrole nitrogens is 1. The topological polar surface area (TPSA) is 60.0 Å². The molecule has 0 amide bonds. The lowest BCUT2D eigenvalue weighted by atomic mass is 10.2. The average Bonchev–Trinajstić information content (AvgIpc) is 3.11. The Labute approximate surface area is 155 Å². The Morgan fingerprint density at radius 2 is 2.00 bits per heavy atom. The third-order valence-electron chi connectivity index (χ3n) is 3.41. The zero-order valence-electron chi connectivity index (χ0n) is 13.7. The molecule has 0 unspecified atom stereocenters. The molecule has 3 aromatic rings. The summed E-state index contributed by atoms with van der Waals surface area (Å²) in [6, 6.07) is 15.2. The summed E-state index contributed by atoms with van der Waals surface area (Å²) in [5, 5.41) is 8.50. The smallest absolute Gasteiger partial charge is 0.208 e. The minimum Gasteiger partial charge on any atom is -0.496 e. The van der Waals surface area contributed by atoms with Gasteiger partial charge in [0.1, 0.15) is 11.5 Å². The van der Waals surface area contributed by atoms with Crippen LogP contribution < -0.4 is 9.47 Å². The van der Waals surface area contributed by atoms with Crippen LogP contribution in [0.4, 0.5) is 0 Å². The van der Waals surface area contributed by atoms with Gasteiger partial charge >= 0.3 is 0 Å². The predicted molar refractivity (Wildman–Crippen MR) is 101 cm³/mol. The molecule has 7 heteroatoms. The fraction of sp³-hybridized carbons (Fsp3) is 0.222. The minimum absolute atomic E-state index is 0.625. The number of methoxy groups -OCH3 is 1. The average molecular weight is 376 g/mol. The van der Waals surface area contributed by atoms with E-state index in [2.05, 4.69) is 15.2 Å². The zero-order valence-corrected chi connectivity index (χ0v) is 15.3. The molecule has 0 saturated carbocycles. The first-order valence-corrected chi connectivity index (χ1v) is 9.19. The summed E-state index contributed by atoms with van der Waals surface area (Å²) in [6.45, 7) is 0.663. The molecule has 3 rings (SSSR count). The zero-order chi connectivity index (χ0) is 17.5. The second kappa shape index (κ2) is 8.78. The van der Waals surface area contributed by atoms with Crippen LogP contribution in [0.5, 0.6) is 11.5 Å². The number of nitrogens with one attached hydrogen (secondary N) is 1. The van der Waals surface area contributed by atoms with Crippen molar-refractivity contribution in [2.45, 2.75) is 11.6 Å². The number of thioether (sulfide) groups is 1. The largest absolute Gasteiger partial charge is 0.496 e. The highest BCUT2D eigenvalue weighted by atomic mass is 35.5. The van der Waals surface area contributed by atoms with Gasteiger partial charge < -0.3 is 9.47 Å². The molecule has 0 atom stereocenters. The fourth-order valence-electron chi connectivity index (χ4n) is 2.23. The van der Waals surface area contributed by atoms with E-state index in [1.807, 2.05) is 42.5 Å². The summed E-state index contributed by atoms with van der Waals surface area (Å²) < 4.78 is 11.0. The van der Waals surface area contributed by atoms with Crippen LogP contribution in [-0.2, 0) is 0 Å². The van der Waals surface area contributed by atoms with Crippen LogP contribution in [0.25, 0.3) is 11.4 Å². The van der Waals surface area contributed by atoms with E-state index in [0.717, 1.165) is 23.5 Å². The van der Waals surface area contributed by atoms with Gasteiger partial charge in [-0.3, -0.25) is 5.10 Å². The third kappa shape index (κ3) is 4.90. The number of para-hydroxylation sites is 1. The molecule has 5 nitrogen and oxygen atoms in total. The highest BCUT2D eigenvalue weighted by Crippen LogP contribution is 2.31. The lowest BCUT2D eigenvalue weighted by Gasteiger charge is -2.05. The Bertz CT molecular complexity index is 811. The van der Waals surface area contributed by atoms with Crippen LogP contribution in [0.1, 0.15) is 6.42 Å². The minimum atomic E-state index is 0.625. The number of ether oxygens (including phenoxy) is 2. The van der Waals surface area contributed by atoms with E-state index in [4.69, 9.17) is 21.1 Å². The van der Waals surface area contributed by atoms with Crippen molar-refractivity contribution in [3.63, 3.8) is 0 Å². The van der Waals surface area contributed by atoms with Gasteiger partial charge in [-0.1, -0.05) is 41.6 Å². The molecule has 1 heterocycles. The standard InChI is InChI=1S/C18H18ClN3O2S/c1-23-16-9-8-13(19)12-15(16)17-20-18(22-21-17)25-11-5-10-24-14-6-3-2-4-7-14/h2-4,6-9,12H,5,10-11H2,1H3,(H,20,21,22). The van der Waals surface area contributed by atoms with Crippen LogP contribution in [0.2, 0.25) is 5.02 Å². The lowest BCUT2D eigenvalue weighted by molar-refractivity contribution is 0.318. The van der Waals surface area contributed by atoms with Gasteiger partial charge in [-0.25, -0.2) is 4.98 Å². The van der Waals surface area contributed by atoms with Crippen molar-refractivity contribution in [2.75, 3.05) is 19.5 Å². The molecule has 25 heavy (non-hydrogen) atoms. The Kier molecular flexibility index (Phi) is 6.19. The normalized spacial score (nSPS) is 10.6. The third-order valence-corrected chi connectivity index (χ3v) is 4.58. The van der Waals surface area contributed by atoms with E-state index in [0.29, 0.717) is 28.4 Å². The summed E-state index contributed by atoms with van der Waals surface area (Å²) in [5.74, 6) is 3.10. The maximum Gasteiger partial charge on any atom is 0.208 e. The van der Waals surface area contributed by atoms with Crippen molar-refractivity contribution in [1.29, 1.82) is 0 Å². The molecule has 0 radical (unpaired) electrons. The van der Waals surface area contributed by atoms with Crippen LogP contribution in [-0.4, -0.2) is 34.7 Å². The van der Waals surface area contributed by atoms with Gasteiger partial charge in [-0.05, 0) is 36.8 Å². The number of nitrogens with zero attached hydrogens (tertiary/aromatic N) is 2. The summed E-state index contributed by atoms with van der Waals surface area (Å²) >= 11 is 7.64. The molecule has 130 valence electrons. The molecule has 0 bridgehead atoms. The number of halogens is 1. The van der Waals surface area contributed by atoms with Crippen molar-refractivity contribution in [1.82, 2.24) is 15.2 Å². The Balaban J connectivity index is 1.51. The maximum atomic E-state index is 6.06. The van der Waals surface area contributed by atoms with Crippen molar-refractivity contribution in [2.24, 2.45) is 0 Å². The molecule has 0 aliphatic heterocycles. The molecule has 0 saturated heterocycles. The molecular formula is C18H18ClN3O2S. The van der Waals surface area contributed by atoms with E-state index in [9.17, 15) is 0 Å². The fourth-order valence-corrected chi connectivity index (χ4v) is 3.11. The second-order valence-electron chi connectivity index (χ2n) is 5.17. The van der Waals surface area contributed by atoms with Crippen molar-refractivity contribution in [3.05, 3.63) is 53.6 Å². The summed E-state index contributed by atoms with van der Waals surface area (Å²) in [6.07, 6.45) is 0.907. The van der Waals surface area contributed by atoms with E-state index in [1.54, 1.807) is 24.9 Å². The van der Waals surface area contributed by atoms with E-state index < -0.39 is 0 Å². The Morgan fingerprint density at radius 3 is 2.80 bits per heavy atom. The first-order valence-electron chi connectivity index (χ1n) is 7.83. The highest BCUT2D eigenvalue weighted by molar-refractivity contribution is 7.99. The number of benzene rings is 2. The first kappa shape index (κ1) is 17.6. The molecule has 2 aromatic carbocycles. The molecule has 0 spiro atoms. The van der Waals surface area contributed by atoms with Crippen LogP contribution in [0.15, 0.2) is 53.7 Å². The monoisotopic (exact) mass is 375 g/mol. The van der Waals surface area contributed by atoms with Gasteiger partial charge in [-0.15, -0.1) is 5.10 Å². The van der Waals surface area contributed by atoms with Gasteiger partial charge in [-0.2, -0.15) is 0 Å². The highest BCUT2D eigenvalue weighted by Gasteiger charge is 2.12. The van der Waals surface area contributed by atoms with Gasteiger partial charge in [0, 0.05) is 10.8 Å². The van der Waals surface area contributed by atoms with Crippen molar-refractivity contribution < 1.29 is 9.47 Å². The van der Waals surface area contributed by atoms with Crippen LogP contribution in [0, 0.1) is 0 Å². The van der Waals surface area contributed by atoms with E-state index in [-0.39, 0.29) is 0 Å². The van der Waals surface area contributed by atoms with Gasteiger partial charge in [0.25, 0.3) is 0 Å².